The van der Waals surface area contributed by atoms with Crippen LogP contribution in [0.15, 0.2) is 58.8 Å². The number of hydrogen-bond donors (Lipinski definition) is 0. The van der Waals surface area contributed by atoms with Crippen molar-refractivity contribution in [2.75, 3.05) is 24.7 Å². The number of alkyl halides is 6. The Hall–Kier alpha value is -3.54. The summed E-state index contributed by atoms with van der Waals surface area (Å²) < 4.78 is 147. The highest BCUT2D eigenvalue weighted by atomic mass is 32.2. The second-order valence-electron chi connectivity index (χ2n) is 9.35. The standard InChI is InChI=1S/C27H32F6N2O8S2/c1-3-5-18-44(36,37)42-34-24(26(28,29)30)20-8-12-22(13-9-20)40-16-7-17-41-23-14-10-21(11-15-23)25(27(31,32)33)35-43-45(38,39)19-6-4-2/h8-15H,3-7,16-19H2,1-2H3. The summed E-state index contributed by atoms with van der Waals surface area (Å²) in [5.41, 5.74) is -3.97. The highest BCUT2D eigenvalue weighted by Crippen LogP contribution is 2.26. The average molecular weight is 691 g/mol. The fraction of sp³-hybridized carbons (Fsp3) is 0.481. The minimum absolute atomic E-state index is 0.0607. The molecule has 0 spiro atoms. The van der Waals surface area contributed by atoms with E-state index < -0.39 is 66.6 Å². The molecule has 0 N–H and O–H groups in total. The van der Waals surface area contributed by atoms with Crippen LogP contribution in [0.25, 0.3) is 0 Å². The van der Waals surface area contributed by atoms with Gasteiger partial charge in [-0.2, -0.15) is 43.2 Å². The van der Waals surface area contributed by atoms with Gasteiger partial charge in [0.15, 0.2) is 11.4 Å². The minimum atomic E-state index is -5.00. The van der Waals surface area contributed by atoms with Gasteiger partial charge in [0.1, 0.15) is 11.5 Å². The summed E-state index contributed by atoms with van der Waals surface area (Å²) in [6.07, 6.45) is -8.33. The SMILES string of the molecule is CCCCS(=O)(=O)ON=C(c1ccc(OCCCOc2ccc(C(=NOS(=O)(=O)CCCC)C(F)(F)F)cc2)cc1)C(F)(F)F. The second kappa shape index (κ2) is 16.7. The third-order valence-corrected chi connectivity index (χ3v) is 7.78. The molecule has 2 aromatic rings. The van der Waals surface area contributed by atoms with Crippen molar-refractivity contribution in [1.82, 2.24) is 0 Å². The Morgan fingerprint density at radius 2 is 0.933 bits per heavy atom. The van der Waals surface area contributed by atoms with Crippen LogP contribution in [0.3, 0.4) is 0 Å². The second-order valence-corrected chi connectivity index (χ2v) is 12.7. The Bertz CT molecular complexity index is 1380. The third-order valence-electron chi connectivity index (χ3n) is 5.60. The van der Waals surface area contributed by atoms with Crippen LogP contribution in [0.1, 0.15) is 57.1 Å². The van der Waals surface area contributed by atoms with Crippen molar-refractivity contribution in [2.24, 2.45) is 10.3 Å². The first-order chi connectivity index (χ1) is 21.0. The lowest BCUT2D eigenvalue weighted by atomic mass is 10.1. The normalized spacial score (nSPS) is 13.4. The van der Waals surface area contributed by atoms with E-state index >= 15 is 0 Å². The number of ether oxygens (including phenoxy) is 2. The maximum Gasteiger partial charge on any atom is 0.437 e. The molecule has 0 saturated carbocycles. The van der Waals surface area contributed by atoms with Gasteiger partial charge in [0.2, 0.25) is 0 Å². The summed E-state index contributed by atoms with van der Waals surface area (Å²) in [5.74, 6) is -0.564. The Labute approximate surface area is 257 Å². The van der Waals surface area contributed by atoms with Crippen LogP contribution < -0.4 is 9.47 Å². The molecule has 0 aromatic heterocycles. The molecule has 0 saturated heterocycles. The van der Waals surface area contributed by atoms with Crippen molar-refractivity contribution in [3.05, 3.63) is 59.7 Å². The minimum Gasteiger partial charge on any atom is -0.493 e. The molecule has 45 heavy (non-hydrogen) atoms. The summed E-state index contributed by atoms with van der Waals surface area (Å²) >= 11 is 0. The topological polar surface area (TPSA) is 130 Å². The number of unbranched alkanes of at least 4 members (excludes halogenated alkanes) is 2. The molecule has 2 rings (SSSR count). The predicted molar refractivity (Wildman–Crippen MR) is 153 cm³/mol. The average Bonchev–Trinajstić information content (AvgIpc) is 2.95. The monoisotopic (exact) mass is 690 g/mol. The lowest BCUT2D eigenvalue weighted by Crippen LogP contribution is -2.25. The van der Waals surface area contributed by atoms with Gasteiger partial charge in [-0.1, -0.05) is 37.0 Å². The maximum atomic E-state index is 13.5. The van der Waals surface area contributed by atoms with Crippen molar-refractivity contribution in [1.29, 1.82) is 0 Å². The molecule has 0 fully saturated rings. The zero-order chi connectivity index (χ0) is 33.7. The Morgan fingerprint density at radius 1 is 0.600 bits per heavy atom. The lowest BCUT2D eigenvalue weighted by Gasteiger charge is -2.12. The van der Waals surface area contributed by atoms with Crippen molar-refractivity contribution < 1.29 is 61.2 Å². The van der Waals surface area contributed by atoms with Crippen LogP contribution >= 0.6 is 0 Å². The van der Waals surface area contributed by atoms with E-state index in [1.165, 1.54) is 24.3 Å². The lowest BCUT2D eigenvalue weighted by molar-refractivity contribution is -0.0606. The summed E-state index contributed by atoms with van der Waals surface area (Å²) in [4.78, 5) is 0. The van der Waals surface area contributed by atoms with Gasteiger partial charge in [-0.05, 0) is 61.4 Å². The van der Waals surface area contributed by atoms with Gasteiger partial charge in [0.25, 0.3) is 0 Å². The summed E-state index contributed by atoms with van der Waals surface area (Å²) in [7, 11) is -8.55. The zero-order valence-electron chi connectivity index (χ0n) is 24.2. The van der Waals surface area contributed by atoms with Crippen LogP contribution in [0.4, 0.5) is 26.3 Å². The van der Waals surface area contributed by atoms with E-state index in [2.05, 4.69) is 18.9 Å². The van der Waals surface area contributed by atoms with Crippen LogP contribution in [0.2, 0.25) is 0 Å². The molecule has 0 aliphatic carbocycles. The van der Waals surface area contributed by atoms with E-state index in [0.717, 1.165) is 24.3 Å². The Balaban J connectivity index is 1.93. The number of oxime groups is 2. The van der Waals surface area contributed by atoms with E-state index in [-0.39, 0.29) is 44.0 Å². The molecule has 252 valence electrons. The van der Waals surface area contributed by atoms with Gasteiger partial charge in [-0.15, -0.1) is 0 Å². The van der Waals surface area contributed by atoms with Gasteiger partial charge in [-0.25, -0.2) is 0 Å². The van der Waals surface area contributed by atoms with Crippen LogP contribution in [-0.2, 0) is 28.8 Å². The molecule has 0 unspecified atom stereocenters. The first-order valence-corrected chi connectivity index (χ1v) is 16.7. The smallest absolute Gasteiger partial charge is 0.437 e. The molecule has 0 heterocycles. The molecule has 0 aliphatic heterocycles. The van der Waals surface area contributed by atoms with Gasteiger partial charge >= 0.3 is 32.6 Å². The van der Waals surface area contributed by atoms with E-state index in [4.69, 9.17) is 9.47 Å². The predicted octanol–water partition coefficient (Wildman–Crippen LogP) is 6.36. The van der Waals surface area contributed by atoms with Crippen molar-refractivity contribution in [3.63, 3.8) is 0 Å². The summed E-state index contributed by atoms with van der Waals surface area (Å²) in [6.45, 7) is 3.53. The summed E-state index contributed by atoms with van der Waals surface area (Å²) in [6, 6.07) is 9.02. The van der Waals surface area contributed by atoms with E-state index in [1.54, 1.807) is 13.8 Å². The van der Waals surface area contributed by atoms with Gasteiger partial charge in [0.05, 0.1) is 24.7 Å². The van der Waals surface area contributed by atoms with E-state index in [9.17, 15) is 43.2 Å². The molecule has 0 atom stereocenters. The van der Waals surface area contributed by atoms with E-state index in [1.807, 2.05) is 0 Å². The van der Waals surface area contributed by atoms with Gasteiger partial charge < -0.3 is 9.47 Å². The molecular weight excluding hydrogens is 658 g/mol. The number of rotatable bonds is 18. The van der Waals surface area contributed by atoms with Crippen molar-refractivity contribution in [3.8, 4) is 11.5 Å². The Kier molecular flexibility index (Phi) is 14.0. The zero-order valence-corrected chi connectivity index (χ0v) is 25.9. The number of halogens is 6. The first-order valence-electron chi connectivity index (χ1n) is 13.6. The Morgan fingerprint density at radius 3 is 1.22 bits per heavy atom. The van der Waals surface area contributed by atoms with E-state index in [0.29, 0.717) is 12.8 Å². The van der Waals surface area contributed by atoms with Crippen LogP contribution in [-0.4, -0.2) is 65.3 Å². The largest absolute Gasteiger partial charge is 0.493 e. The third kappa shape index (κ3) is 13.5. The maximum absolute atomic E-state index is 13.5. The first kappa shape index (κ1) is 37.6. The van der Waals surface area contributed by atoms with Crippen molar-refractivity contribution in [2.45, 2.75) is 58.3 Å². The molecular formula is C27H32F6N2O8S2. The highest BCUT2D eigenvalue weighted by molar-refractivity contribution is 7.86. The summed E-state index contributed by atoms with van der Waals surface area (Å²) in [5, 5.41) is 5.69. The van der Waals surface area contributed by atoms with Crippen molar-refractivity contribution >= 4 is 31.7 Å². The van der Waals surface area contributed by atoms with Crippen LogP contribution in [0.5, 0.6) is 11.5 Å². The molecule has 18 heteroatoms. The molecule has 10 nitrogen and oxygen atoms in total. The quantitative estimate of drug-likeness (QED) is 0.0765. The fourth-order valence-electron chi connectivity index (χ4n) is 3.30. The number of benzene rings is 2. The molecule has 0 radical (unpaired) electrons. The molecule has 2 aromatic carbocycles. The highest BCUT2D eigenvalue weighted by Gasteiger charge is 2.39. The van der Waals surface area contributed by atoms with Crippen LogP contribution in [0, 0.1) is 0 Å². The molecule has 0 amide bonds. The molecule has 0 bridgehead atoms. The molecule has 0 aliphatic rings. The number of nitrogens with zero attached hydrogens (tertiary/aromatic N) is 2. The fourth-order valence-corrected chi connectivity index (χ4v) is 5.11. The van der Waals surface area contributed by atoms with Gasteiger partial charge in [0, 0.05) is 17.5 Å². The number of hydrogen-bond acceptors (Lipinski definition) is 10. The van der Waals surface area contributed by atoms with Gasteiger partial charge in [-0.3, -0.25) is 8.57 Å².